The third-order valence-electron chi connectivity index (χ3n) is 5.49. The number of carbonyl (C=O) groups excluding carboxylic acids is 1. The zero-order valence-corrected chi connectivity index (χ0v) is 18.6. The number of rotatable bonds is 5. The van der Waals surface area contributed by atoms with Crippen LogP contribution in [0, 0.1) is 6.92 Å². The van der Waals surface area contributed by atoms with Crippen LogP contribution in [0.2, 0.25) is 5.02 Å². The van der Waals surface area contributed by atoms with Crippen LogP contribution in [0.3, 0.4) is 0 Å². The summed E-state index contributed by atoms with van der Waals surface area (Å²) >= 11 is 6.06. The lowest BCUT2D eigenvalue weighted by Crippen LogP contribution is -2.37. The van der Waals surface area contributed by atoms with Gasteiger partial charge in [-0.15, -0.1) is 0 Å². The number of amides is 1. The number of hydrogen-bond acceptors (Lipinski definition) is 5. The molecular weight excluding hydrogens is 436 g/mol. The summed E-state index contributed by atoms with van der Waals surface area (Å²) in [5, 5.41) is 15.9. The molecule has 1 aliphatic rings. The number of carbonyl (C=O) groups is 1. The number of aryl methyl sites for hydroxylation is 1. The zero-order chi connectivity index (χ0) is 22.8. The highest BCUT2D eigenvalue weighted by Crippen LogP contribution is 2.36. The number of tetrazole rings is 1. The highest BCUT2D eigenvalue weighted by atomic mass is 35.5. The molecule has 8 heteroatoms. The van der Waals surface area contributed by atoms with Gasteiger partial charge < -0.3 is 5.32 Å². The van der Waals surface area contributed by atoms with Gasteiger partial charge in [-0.25, -0.2) is 0 Å². The Morgan fingerprint density at radius 2 is 1.82 bits per heavy atom. The Hall–Kier alpha value is -3.97. The van der Waals surface area contributed by atoms with Crippen molar-refractivity contribution in [1.82, 2.24) is 20.2 Å². The summed E-state index contributed by atoms with van der Waals surface area (Å²) in [6.07, 6.45) is 2.09. The molecule has 164 valence electrons. The maximum Gasteiger partial charge on any atom is 0.251 e. The fourth-order valence-electron chi connectivity index (χ4n) is 3.89. The average molecular weight is 457 g/mol. The van der Waals surface area contributed by atoms with Crippen molar-refractivity contribution in [2.24, 2.45) is 0 Å². The van der Waals surface area contributed by atoms with Crippen LogP contribution in [0.25, 0.3) is 5.70 Å². The molecule has 0 aliphatic carbocycles. The third-order valence-corrected chi connectivity index (χ3v) is 5.72. The molecule has 1 N–H and O–H groups in total. The van der Waals surface area contributed by atoms with Crippen LogP contribution in [0.1, 0.15) is 22.7 Å². The van der Waals surface area contributed by atoms with Gasteiger partial charge in [-0.05, 0) is 52.8 Å². The average Bonchev–Trinajstić information content (AvgIpc) is 3.31. The Balaban J connectivity index is 1.53. The van der Waals surface area contributed by atoms with Crippen LogP contribution in [-0.4, -0.2) is 32.7 Å². The van der Waals surface area contributed by atoms with Crippen molar-refractivity contribution < 1.29 is 4.79 Å². The quantitative estimate of drug-likeness (QED) is 0.470. The maximum absolute atomic E-state index is 13.0. The number of fused-ring (bicyclic) bond motifs is 1. The van der Waals surface area contributed by atoms with E-state index in [0.29, 0.717) is 16.7 Å². The second-order valence-corrected chi connectivity index (χ2v) is 8.28. The van der Waals surface area contributed by atoms with E-state index in [1.54, 1.807) is 28.9 Å². The molecule has 1 aromatic heterocycles. The molecule has 5 rings (SSSR count). The molecule has 4 aromatic rings. The smallest absolute Gasteiger partial charge is 0.251 e. The number of anilines is 2. The van der Waals surface area contributed by atoms with Crippen LogP contribution in [0.5, 0.6) is 0 Å². The van der Waals surface area contributed by atoms with Crippen LogP contribution in [0.4, 0.5) is 11.6 Å². The van der Waals surface area contributed by atoms with E-state index in [-0.39, 0.29) is 18.5 Å². The van der Waals surface area contributed by atoms with E-state index in [0.717, 1.165) is 16.8 Å². The summed E-state index contributed by atoms with van der Waals surface area (Å²) < 4.78 is 1.74. The fourth-order valence-corrected chi connectivity index (χ4v) is 4.08. The van der Waals surface area contributed by atoms with Gasteiger partial charge in [0.05, 0.1) is 5.70 Å². The molecule has 1 atom stereocenters. The minimum absolute atomic E-state index is 0.0359. The van der Waals surface area contributed by atoms with E-state index in [1.165, 1.54) is 5.56 Å². The first kappa shape index (κ1) is 20.9. The number of allylic oxidation sites excluding steroid dienone is 1. The summed E-state index contributed by atoms with van der Waals surface area (Å²) in [6.45, 7) is 2.09. The van der Waals surface area contributed by atoms with E-state index in [9.17, 15) is 4.79 Å². The minimum Gasteiger partial charge on any atom is -0.324 e. The molecule has 0 saturated carbocycles. The van der Waals surface area contributed by atoms with E-state index in [1.807, 2.05) is 35.2 Å². The lowest BCUT2D eigenvalue weighted by molar-refractivity contribution is -0.114. The van der Waals surface area contributed by atoms with E-state index < -0.39 is 0 Å². The van der Waals surface area contributed by atoms with Gasteiger partial charge in [0.15, 0.2) is 0 Å². The van der Waals surface area contributed by atoms with Crippen molar-refractivity contribution in [3.8, 4) is 0 Å². The normalized spacial score (nSPS) is 15.0. The van der Waals surface area contributed by atoms with Gasteiger partial charge in [-0.1, -0.05) is 82.9 Å². The Kier molecular flexibility index (Phi) is 5.62. The van der Waals surface area contributed by atoms with Crippen molar-refractivity contribution in [3.05, 3.63) is 107 Å². The molecule has 0 bridgehead atoms. The van der Waals surface area contributed by atoms with Crippen molar-refractivity contribution in [3.63, 3.8) is 0 Å². The van der Waals surface area contributed by atoms with Crippen molar-refractivity contribution in [1.29, 1.82) is 0 Å². The number of benzene rings is 3. The number of halogens is 1. The van der Waals surface area contributed by atoms with E-state index in [4.69, 9.17) is 11.6 Å². The summed E-state index contributed by atoms with van der Waals surface area (Å²) in [5.41, 5.74) is 4.71. The highest BCUT2D eigenvalue weighted by Gasteiger charge is 2.31. The predicted molar refractivity (Wildman–Crippen MR) is 129 cm³/mol. The van der Waals surface area contributed by atoms with Gasteiger partial charge in [0.2, 0.25) is 5.91 Å². The molecule has 0 unspecified atom stereocenters. The van der Waals surface area contributed by atoms with E-state index in [2.05, 4.69) is 58.1 Å². The van der Waals surface area contributed by atoms with Gasteiger partial charge in [0.25, 0.3) is 5.95 Å². The van der Waals surface area contributed by atoms with Crippen LogP contribution in [-0.2, 0) is 4.79 Å². The number of aromatic nitrogens is 4. The lowest BCUT2D eigenvalue weighted by Gasteiger charge is -2.32. The Bertz CT molecular complexity index is 1320. The second-order valence-electron chi connectivity index (χ2n) is 7.84. The number of nitrogens with zero attached hydrogens (tertiary/aromatic N) is 5. The lowest BCUT2D eigenvalue weighted by atomic mass is 10.00. The topological polar surface area (TPSA) is 75.9 Å². The van der Waals surface area contributed by atoms with Crippen molar-refractivity contribution in [2.45, 2.75) is 13.0 Å². The largest absolute Gasteiger partial charge is 0.324 e. The third kappa shape index (κ3) is 4.36. The van der Waals surface area contributed by atoms with Gasteiger partial charge in [0.1, 0.15) is 12.6 Å². The van der Waals surface area contributed by atoms with Crippen LogP contribution >= 0.6 is 11.6 Å². The molecule has 0 radical (unpaired) electrons. The van der Waals surface area contributed by atoms with E-state index >= 15 is 0 Å². The van der Waals surface area contributed by atoms with Crippen LogP contribution < -0.4 is 10.2 Å². The molecule has 1 aliphatic heterocycles. The molecule has 0 spiro atoms. The number of hydrogen-bond donors (Lipinski definition) is 1. The predicted octanol–water partition coefficient (Wildman–Crippen LogP) is 4.72. The summed E-state index contributed by atoms with van der Waals surface area (Å²) in [4.78, 5) is 14.8. The molecule has 0 saturated heterocycles. The summed E-state index contributed by atoms with van der Waals surface area (Å²) in [6, 6.07) is 25.1. The first-order valence-corrected chi connectivity index (χ1v) is 10.9. The van der Waals surface area contributed by atoms with Crippen molar-refractivity contribution >= 4 is 34.8 Å². The maximum atomic E-state index is 13.0. The molecule has 33 heavy (non-hydrogen) atoms. The number of nitrogens with one attached hydrogen (secondary N) is 1. The van der Waals surface area contributed by atoms with Gasteiger partial charge >= 0.3 is 0 Å². The highest BCUT2D eigenvalue weighted by molar-refractivity contribution is 6.30. The molecule has 2 heterocycles. The second kappa shape index (κ2) is 8.88. The monoisotopic (exact) mass is 456 g/mol. The fraction of sp³-hybridized carbons (Fsp3) is 0.120. The van der Waals surface area contributed by atoms with Gasteiger partial charge in [-0.2, -0.15) is 4.68 Å². The Morgan fingerprint density at radius 3 is 2.58 bits per heavy atom. The summed E-state index contributed by atoms with van der Waals surface area (Å²) in [7, 11) is 0. The molecule has 0 fully saturated rings. The SMILES string of the molecule is Cc1ccc([C@H]2C=C(c3ccccc3)N(CC(=O)Nc3cccc(Cl)c3)c3nnnn32)cc1. The standard InChI is InChI=1S/C25H21ClN6O/c1-17-10-12-19(13-11-17)23-15-22(18-6-3-2-4-7-18)31(25-28-29-30-32(23)25)16-24(33)27-21-9-5-8-20(26)14-21/h2-15,23H,16H2,1H3,(H,27,33)/t23-/m1/s1. The van der Waals surface area contributed by atoms with Gasteiger partial charge in [-0.3, -0.25) is 9.69 Å². The summed E-state index contributed by atoms with van der Waals surface area (Å²) in [5.74, 6) is 0.297. The van der Waals surface area contributed by atoms with Gasteiger partial charge in [0, 0.05) is 10.7 Å². The Labute approximate surface area is 196 Å². The zero-order valence-electron chi connectivity index (χ0n) is 17.9. The molecular formula is C25H21ClN6O. The molecule has 3 aromatic carbocycles. The minimum atomic E-state index is -0.206. The molecule has 7 nitrogen and oxygen atoms in total. The Morgan fingerprint density at radius 1 is 1.03 bits per heavy atom. The first-order chi connectivity index (χ1) is 16.1. The van der Waals surface area contributed by atoms with Crippen molar-refractivity contribution in [2.75, 3.05) is 16.8 Å². The first-order valence-electron chi connectivity index (χ1n) is 10.5. The van der Waals surface area contributed by atoms with Crippen LogP contribution in [0.15, 0.2) is 84.9 Å². The molecule has 1 amide bonds.